The maximum absolute atomic E-state index is 14.4. The summed E-state index contributed by atoms with van der Waals surface area (Å²) < 4.78 is 44.6. The van der Waals surface area contributed by atoms with Gasteiger partial charge in [-0.1, -0.05) is 0 Å². The molecule has 0 aromatic heterocycles. The molecule has 1 fully saturated rings. The Kier molecular flexibility index (Phi) is 4.86. The minimum Gasteiger partial charge on any atom is -0.494 e. The Hall–Kier alpha value is -2.25. The third-order valence-electron chi connectivity index (χ3n) is 5.18. The maximum Gasteiger partial charge on any atom is 0.495 e. The van der Waals surface area contributed by atoms with Gasteiger partial charge in [-0.2, -0.15) is 0 Å². The molecule has 1 aliphatic heterocycles. The lowest BCUT2D eigenvalue weighted by Crippen LogP contribution is -2.41. The molecule has 2 aromatic carbocycles. The van der Waals surface area contributed by atoms with E-state index in [0.29, 0.717) is 0 Å². The first-order valence-electron chi connectivity index (χ1n) is 8.59. The summed E-state index contributed by atoms with van der Waals surface area (Å²) >= 11 is 0. The Bertz CT molecular complexity index is 862. The van der Waals surface area contributed by atoms with Crippen molar-refractivity contribution >= 4 is 18.4 Å². The fourth-order valence-corrected chi connectivity index (χ4v) is 2.84. The molecular weight excluding hydrogens is 353 g/mol. The quantitative estimate of drug-likeness (QED) is 0.607. The van der Waals surface area contributed by atoms with Crippen molar-refractivity contribution in [2.24, 2.45) is 0 Å². The second-order valence-electron chi connectivity index (χ2n) is 7.50. The third-order valence-corrected chi connectivity index (χ3v) is 5.18. The van der Waals surface area contributed by atoms with E-state index >= 15 is 0 Å². The van der Waals surface area contributed by atoms with Crippen LogP contribution in [0.15, 0.2) is 36.4 Å². The van der Waals surface area contributed by atoms with E-state index in [1.54, 1.807) is 0 Å². The molecule has 0 radical (unpaired) electrons. The van der Waals surface area contributed by atoms with Crippen molar-refractivity contribution in [2.45, 2.75) is 38.9 Å². The number of carbonyl (C=O) groups excluding carboxylic acids is 1. The van der Waals surface area contributed by atoms with Gasteiger partial charge in [-0.25, -0.2) is 8.78 Å². The lowest BCUT2D eigenvalue weighted by atomic mass is 9.74. The first-order valence-corrected chi connectivity index (χ1v) is 8.59. The van der Waals surface area contributed by atoms with Gasteiger partial charge in [0.2, 0.25) is 0 Å². The second-order valence-corrected chi connectivity index (χ2v) is 7.50. The van der Waals surface area contributed by atoms with E-state index in [2.05, 4.69) is 0 Å². The predicted octanol–water partition coefficient (Wildman–Crippen LogP) is 3.50. The number of ether oxygens (including phenoxy) is 1. The summed E-state index contributed by atoms with van der Waals surface area (Å²) in [5.41, 5.74) is -0.586. The van der Waals surface area contributed by atoms with E-state index in [-0.39, 0.29) is 22.3 Å². The number of rotatable bonds is 4. The molecule has 142 valence electrons. The van der Waals surface area contributed by atoms with Crippen molar-refractivity contribution in [1.29, 1.82) is 0 Å². The zero-order chi connectivity index (χ0) is 20.0. The van der Waals surface area contributed by atoms with Gasteiger partial charge < -0.3 is 14.0 Å². The lowest BCUT2D eigenvalue weighted by Gasteiger charge is -2.32. The highest BCUT2D eigenvalue weighted by Gasteiger charge is 2.52. The largest absolute Gasteiger partial charge is 0.495 e. The molecule has 0 saturated carbocycles. The molecule has 0 unspecified atom stereocenters. The van der Waals surface area contributed by atoms with Crippen molar-refractivity contribution in [3.8, 4) is 5.75 Å². The molecule has 0 spiro atoms. The summed E-state index contributed by atoms with van der Waals surface area (Å²) in [6.45, 7) is 7.48. The number of methoxy groups -OCH3 is 1. The van der Waals surface area contributed by atoms with Crippen molar-refractivity contribution in [2.75, 3.05) is 7.11 Å². The minimum absolute atomic E-state index is 0.0688. The van der Waals surface area contributed by atoms with E-state index in [1.165, 1.54) is 43.5 Å². The third kappa shape index (κ3) is 3.49. The summed E-state index contributed by atoms with van der Waals surface area (Å²) in [6, 6.07) is 7.66. The number of hydrogen-bond donors (Lipinski definition) is 0. The van der Waals surface area contributed by atoms with Gasteiger partial charge >= 0.3 is 7.12 Å². The van der Waals surface area contributed by atoms with Crippen LogP contribution in [0.2, 0.25) is 0 Å². The minimum atomic E-state index is -0.921. The number of ketones is 1. The lowest BCUT2D eigenvalue weighted by molar-refractivity contribution is 0.00578. The van der Waals surface area contributed by atoms with Gasteiger partial charge in [0.25, 0.3) is 0 Å². The van der Waals surface area contributed by atoms with Gasteiger partial charge in [0.15, 0.2) is 17.3 Å². The molecule has 27 heavy (non-hydrogen) atoms. The zero-order valence-corrected chi connectivity index (χ0v) is 15.9. The monoisotopic (exact) mass is 374 g/mol. The predicted molar refractivity (Wildman–Crippen MR) is 98.5 cm³/mol. The smallest absolute Gasteiger partial charge is 0.494 e. The SMILES string of the molecule is COc1cc(C(=O)c2ccc(F)cc2)c(B2OC(C)(C)C(C)(C)O2)cc1F. The van der Waals surface area contributed by atoms with Gasteiger partial charge in [-0.05, 0) is 69.6 Å². The van der Waals surface area contributed by atoms with E-state index in [0.717, 1.165) is 0 Å². The molecule has 4 nitrogen and oxygen atoms in total. The Morgan fingerprint density at radius 1 is 1.00 bits per heavy atom. The molecule has 0 bridgehead atoms. The highest BCUT2D eigenvalue weighted by atomic mass is 19.1. The molecule has 1 aliphatic rings. The average molecular weight is 374 g/mol. The average Bonchev–Trinajstić information content (AvgIpc) is 2.82. The van der Waals surface area contributed by atoms with Gasteiger partial charge in [-0.3, -0.25) is 4.79 Å². The molecular formula is C20H21BF2O4. The summed E-state index contributed by atoms with van der Waals surface area (Å²) in [4.78, 5) is 13.0. The van der Waals surface area contributed by atoms with Crippen LogP contribution in [0.4, 0.5) is 8.78 Å². The van der Waals surface area contributed by atoms with Crippen LogP contribution in [0, 0.1) is 11.6 Å². The number of carbonyl (C=O) groups is 1. The molecule has 0 aliphatic carbocycles. The highest BCUT2D eigenvalue weighted by molar-refractivity contribution is 6.64. The summed E-state index contributed by atoms with van der Waals surface area (Å²) in [5.74, 6) is -1.55. The van der Waals surface area contributed by atoms with Crippen LogP contribution in [-0.4, -0.2) is 31.2 Å². The van der Waals surface area contributed by atoms with Crippen LogP contribution in [0.5, 0.6) is 5.75 Å². The molecule has 3 rings (SSSR count). The Labute approximate surface area is 157 Å². The number of halogens is 2. The Morgan fingerprint density at radius 3 is 2.07 bits per heavy atom. The van der Waals surface area contributed by atoms with E-state index in [1.807, 2.05) is 27.7 Å². The van der Waals surface area contributed by atoms with Gasteiger partial charge in [0.05, 0.1) is 18.3 Å². The van der Waals surface area contributed by atoms with Crippen molar-refractivity contribution < 1.29 is 27.6 Å². The van der Waals surface area contributed by atoms with Crippen LogP contribution >= 0.6 is 0 Å². The zero-order valence-electron chi connectivity index (χ0n) is 15.9. The van der Waals surface area contributed by atoms with Crippen LogP contribution < -0.4 is 10.2 Å². The summed E-state index contributed by atoms with van der Waals surface area (Å²) in [6.07, 6.45) is 0. The standard InChI is InChI=1S/C20H21BF2O4/c1-19(2)20(3,4)27-21(26-19)15-11-16(23)17(25-5)10-14(15)18(24)12-6-8-13(22)9-7-12/h6-11H,1-5H3. The molecule has 2 aromatic rings. The fraction of sp³-hybridized carbons (Fsp3) is 0.350. The normalized spacial score (nSPS) is 17.8. The van der Waals surface area contributed by atoms with Crippen LogP contribution in [-0.2, 0) is 9.31 Å². The summed E-state index contributed by atoms with van der Waals surface area (Å²) in [5, 5.41) is 0. The van der Waals surface area contributed by atoms with E-state index in [4.69, 9.17) is 14.0 Å². The topological polar surface area (TPSA) is 44.8 Å². The molecule has 1 saturated heterocycles. The molecule has 0 N–H and O–H groups in total. The molecule has 7 heteroatoms. The molecule has 0 amide bonds. The van der Waals surface area contributed by atoms with Crippen LogP contribution in [0.1, 0.15) is 43.6 Å². The van der Waals surface area contributed by atoms with Gasteiger partial charge in [0, 0.05) is 11.1 Å². The first-order chi connectivity index (χ1) is 12.6. The van der Waals surface area contributed by atoms with Gasteiger partial charge in [-0.15, -0.1) is 0 Å². The Balaban J connectivity index is 2.10. The van der Waals surface area contributed by atoms with E-state index < -0.39 is 35.7 Å². The van der Waals surface area contributed by atoms with Crippen LogP contribution in [0.3, 0.4) is 0 Å². The Morgan fingerprint density at radius 2 is 1.56 bits per heavy atom. The van der Waals surface area contributed by atoms with E-state index in [9.17, 15) is 13.6 Å². The van der Waals surface area contributed by atoms with Gasteiger partial charge in [0.1, 0.15) is 5.82 Å². The molecule has 0 atom stereocenters. The van der Waals surface area contributed by atoms with Crippen LogP contribution in [0.25, 0.3) is 0 Å². The highest BCUT2D eigenvalue weighted by Crippen LogP contribution is 2.37. The molecule has 1 heterocycles. The van der Waals surface area contributed by atoms with Crippen molar-refractivity contribution in [3.63, 3.8) is 0 Å². The first kappa shape index (κ1) is 19.5. The summed E-state index contributed by atoms with van der Waals surface area (Å²) in [7, 11) is 0.397. The second kappa shape index (κ2) is 6.73. The fourth-order valence-electron chi connectivity index (χ4n) is 2.84. The van der Waals surface area contributed by atoms with Crippen molar-refractivity contribution in [3.05, 3.63) is 59.2 Å². The number of hydrogen-bond acceptors (Lipinski definition) is 4. The number of benzene rings is 2. The van der Waals surface area contributed by atoms with Crippen molar-refractivity contribution in [1.82, 2.24) is 0 Å². The maximum atomic E-state index is 14.4.